The zero-order chi connectivity index (χ0) is 30.7. The Morgan fingerprint density at radius 2 is 1.91 bits per heavy atom. The minimum Gasteiger partial charge on any atom is -0.459 e. The molecule has 13 heteroatoms. The maximum atomic E-state index is 16.8. The van der Waals surface area contributed by atoms with Gasteiger partial charge in [-0.3, -0.25) is 4.90 Å². The van der Waals surface area contributed by atoms with Crippen LogP contribution in [-0.2, 0) is 0 Å². The lowest BCUT2D eigenvalue weighted by molar-refractivity contribution is 0.0965. The molecule has 2 aromatic heterocycles. The number of nitrogen functional groups attached to an aromatic ring is 1. The van der Waals surface area contributed by atoms with Crippen molar-refractivity contribution in [3.8, 4) is 23.2 Å². The molecule has 2 aromatic carbocycles. The maximum absolute atomic E-state index is 16.8. The van der Waals surface area contributed by atoms with E-state index < -0.39 is 17.8 Å². The Morgan fingerprint density at radius 1 is 1.18 bits per heavy atom. The zero-order valence-electron chi connectivity index (χ0n) is 24.0. The van der Waals surface area contributed by atoms with Gasteiger partial charge in [-0.2, -0.15) is 15.2 Å². The maximum Gasteiger partial charge on any atom is 0.319 e. The number of nitriles is 1. The number of piperazine rings is 1. The molecule has 3 fully saturated rings. The van der Waals surface area contributed by atoms with Gasteiger partial charge in [-0.25, -0.2) is 13.2 Å². The first-order valence-corrected chi connectivity index (χ1v) is 16.0. The van der Waals surface area contributed by atoms with Crippen LogP contribution in [-0.4, -0.2) is 72.0 Å². The van der Waals surface area contributed by atoms with Crippen molar-refractivity contribution in [3.05, 3.63) is 40.4 Å². The number of hydrogen-bond donors (Lipinski definition) is 2. The molecule has 3 saturated heterocycles. The summed E-state index contributed by atoms with van der Waals surface area (Å²) in [6, 6.07) is 6.92. The number of thiophene rings is 1. The zero-order valence-corrected chi connectivity index (χ0v) is 25.6. The molecule has 0 spiro atoms. The SMILES string of the molecule is CC(CN1CCC(F)CC1)Oc1nc(N2CC3CCC(C2)N3)c2cc(Cl)c(-c3ccc(F)c4sc(N)c(C#N)c34)c(F)c2n1. The molecular formula is C31H31ClF3N7OS. The van der Waals surface area contributed by atoms with Crippen LogP contribution in [0.1, 0.15) is 38.2 Å². The Morgan fingerprint density at radius 3 is 2.61 bits per heavy atom. The summed E-state index contributed by atoms with van der Waals surface area (Å²) >= 11 is 7.75. The van der Waals surface area contributed by atoms with Crippen LogP contribution in [0.25, 0.3) is 32.1 Å². The minimum absolute atomic E-state index is 0.00316. The van der Waals surface area contributed by atoms with E-state index in [9.17, 15) is 14.0 Å². The summed E-state index contributed by atoms with van der Waals surface area (Å²) < 4.78 is 51.6. The van der Waals surface area contributed by atoms with E-state index in [1.165, 1.54) is 12.1 Å². The Labute approximate surface area is 261 Å². The normalized spacial score (nSPS) is 21.7. The smallest absolute Gasteiger partial charge is 0.319 e. The average Bonchev–Trinajstić information content (AvgIpc) is 3.52. The lowest BCUT2D eigenvalue weighted by Gasteiger charge is -2.34. The lowest BCUT2D eigenvalue weighted by atomic mass is 9.97. The summed E-state index contributed by atoms with van der Waals surface area (Å²) in [6.07, 6.45) is 1.96. The molecule has 0 saturated carbocycles. The number of nitrogens with one attached hydrogen (secondary N) is 1. The highest BCUT2D eigenvalue weighted by Gasteiger charge is 2.35. The minimum atomic E-state index is -0.774. The van der Waals surface area contributed by atoms with E-state index >= 15 is 4.39 Å². The van der Waals surface area contributed by atoms with E-state index in [0.29, 0.717) is 68.9 Å². The van der Waals surface area contributed by atoms with E-state index in [4.69, 9.17) is 27.1 Å². The average molecular weight is 642 g/mol. The number of nitrogens with zero attached hydrogens (tertiary/aromatic N) is 5. The van der Waals surface area contributed by atoms with Crippen molar-refractivity contribution >= 4 is 54.7 Å². The number of nitrogens with two attached hydrogens (primary N) is 1. The number of fused-ring (bicyclic) bond motifs is 4. The molecule has 3 atom stereocenters. The van der Waals surface area contributed by atoms with Crippen molar-refractivity contribution in [1.82, 2.24) is 20.2 Å². The van der Waals surface area contributed by atoms with Crippen molar-refractivity contribution in [3.63, 3.8) is 0 Å². The molecule has 0 aliphatic carbocycles. The fourth-order valence-corrected chi connectivity index (χ4v) is 8.09. The Balaban J connectivity index is 1.35. The monoisotopic (exact) mass is 641 g/mol. The van der Waals surface area contributed by atoms with Crippen molar-refractivity contribution in [2.75, 3.05) is 43.4 Å². The number of aromatic nitrogens is 2. The third kappa shape index (κ3) is 5.19. The Kier molecular flexibility index (Phi) is 7.69. The van der Waals surface area contributed by atoms with Gasteiger partial charge in [-0.1, -0.05) is 17.7 Å². The van der Waals surface area contributed by atoms with Crippen LogP contribution in [0, 0.1) is 23.0 Å². The number of ether oxygens (including phenoxy) is 1. The molecule has 7 rings (SSSR count). The molecule has 8 nitrogen and oxygen atoms in total. The second-order valence-electron chi connectivity index (χ2n) is 12.0. The van der Waals surface area contributed by atoms with Crippen molar-refractivity contribution < 1.29 is 17.9 Å². The van der Waals surface area contributed by atoms with E-state index in [2.05, 4.69) is 20.1 Å². The van der Waals surface area contributed by atoms with Crippen LogP contribution in [0.3, 0.4) is 0 Å². The van der Waals surface area contributed by atoms with E-state index in [-0.39, 0.29) is 54.4 Å². The summed E-state index contributed by atoms with van der Waals surface area (Å²) in [5.41, 5.74) is 6.39. The van der Waals surface area contributed by atoms with Crippen molar-refractivity contribution in [2.45, 2.75) is 57.0 Å². The van der Waals surface area contributed by atoms with Gasteiger partial charge in [-0.15, -0.1) is 11.3 Å². The van der Waals surface area contributed by atoms with Crippen molar-refractivity contribution in [2.24, 2.45) is 0 Å². The lowest BCUT2D eigenvalue weighted by Crippen LogP contribution is -2.51. The van der Waals surface area contributed by atoms with Gasteiger partial charge < -0.3 is 20.7 Å². The summed E-state index contributed by atoms with van der Waals surface area (Å²) in [5, 5.41) is 14.3. The summed E-state index contributed by atoms with van der Waals surface area (Å²) in [4.78, 5) is 13.6. The molecule has 3 unspecified atom stereocenters. The number of rotatable bonds is 6. The fraction of sp³-hybridized carbons (Fsp3) is 0.452. The number of alkyl halides is 1. The summed E-state index contributed by atoms with van der Waals surface area (Å²) in [6.45, 7) is 5.11. The summed E-state index contributed by atoms with van der Waals surface area (Å²) in [5.74, 6) is -0.751. The first-order valence-electron chi connectivity index (χ1n) is 14.8. The third-order valence-electron chi connectivity index (χ3n) is 8.90. The summed E-state index contributed by atoms with van der Waals surface area (Å²) in [7, 11) is 0. The number of likely N-dealkylation sites (tertiary alicyclic amines) is 1. The Hall–Kier alpha value is -3.37. The van der Waals surface area contributed by atoms with Gasteiger partial charge in [0.15, 0.2) is 5.82 Å². The van der Waals surface area contributed by atoms with Gasteiger partial charge in [0.1, 0.15) is 40.5 Å². The van der Waals surface area contributed by atoms with Crippen LogP contribution in [0.4, 0.5) is 24.0 Å². The molecule has 5 heterocycles. The first kappa shape index (κ1) is 29.3. The van der Waals surface area contributed by atoms with Crippen LogP contribution in [0.2, 0.25) is 5.02 Å². The van der Waals surface area contributed by atoms with Crippen molar-refractivity contribution in [1.29, 1.82) is 5.26 Å². The van der Waals surface area contributed by atoms with Gasteiger partial charge in [0.25, 0.3) is 0 Å². The predicted molar refractivity (Wildman–Crippen MR) is 167 cm³/mol. The largest absolute Gasteiger partial charge is 0.459 e. The molecule has 2 bridgehead atoms. The molecule has 0 radical (unpaired) electrons. The van der Waals surface area contributed by atoms with Gasteiger partial charge >= 0.3 is 6.01 Å². The molecule has 4 aromatic rings. The number of piperidine rings is 1. The Bertz CT molecular complexity index is 1790. The number of anilines is 2. The molecule has 3 aliphatic rings. The highest BCUT2D eigenvalue weighted by atomic mass is 35.5. The second-order valence-corrected chi connectivity index (χ2v) is 13.4. The van der Waals surface area contributed by atoms with Crippen LogP contribution >= 0.6 is 22.9 Å². The van der Waals surface area contributed by atoms with Gasteiger partial charge in [0.05, 0.1) is 15.3 Å². The van der Waals surface area contributed by atoms with Gasteiger partial charge in [0, 0.05) is 61.1 Å². The standard InChI is InChI=1S/C31H31ClF3N7OS/c1-15(12-41-8-6-16(33)7-9-41)43-31-39-27-20(30(40-31)42-13-17-2-3-18(14-42)38-17)10-22(32)25(26(27)35)19-4-5-23(34)28-24(19)21(11-36)29(37)44-28/h4-5,10,15-18,38H,2-3,6-9,12-14,37H2,1H3. The van der Waals surface area contributed by atoms with Crippen LogP contribution < -0.4 is 20.7 Å². The number of halogens is 4. The molecule has 0 amide bonds. The van der Waals surface area contributed by atoms with Crippen LogP contribution in [0.5, 0.6) is 6.01 Å². The quantitative estimate of drug-likeness (QED) is 0.263. The fourth-order valence-electron chi connectivity index (χ4n) is 6.84. The molecule has 44 heavy (non-hydrogen) atoms. The number of hydrogen-bond acceptors (Lipinski definition) is 9. The molecule has 3 aliphatic heterocycles. The molecule has 3 N–H and O–H groups in total. The second kappa shape index (κ2) is 11.5. The highest BCUT2D eigenvalue weighted by molar-refractivity contribution is 7.23. The molecule has 230 valence electrons. The topological polar surface area (TPSA) is 103 Å². The van der Waals surface area contributed by atoms with E-state index in [1.807, 2.05) is 13.0 Å². The van der Waals surface area contributed by atoms with Crippen LogP contribution in [0.15, 0.2) is 18.2 Å². The highest BCUT2D eigenvalue weighted by Crippen LogP contribution is 2.46. The molecular weight excluding hydrogens is 611 g/mol. The predicted octanol–water partition coefficient (Wildman–Crippen LogP) is 6.04. The third-order valence-corrected chi connectivity index (χ3v) is 10.2. The van der Waals surface area contributed by atoms with E-state index in [0.717, 1.165) is 24.2 Å². The number of benzene rings is 2. The van der Waals surface area contributed by atoms with Gasteiger partial charge in [-0.05, 0) is 50.3 Å². The van der Waals surface area contributed by atoms with Gasteiger partial charge in [0.2, 0.25) is 0 Å². The van der Waals surface area contributed by atoms with E-state index in [1.54, 1.807) is 6.07 Å². The first-order chi connectivity index (χ1) is 21.2.